The van der Waals surface area contributed by atoms with E-state index in [-0.39, 0.29) is 11.8 Å². The van der Waals surface area contributed by atoms with Gasteiger partial charge in [0.1, 0.15) is 6.29 Å². The third kappa shape index (κ3) is 4.58. The van der Waals surface area contributed by atoms with Gasteiger partial charge < -0.3 is 19.3 Å². The fourth-order valence-electron chi connectivity index (χ4n) is 2.74. The monoisotopic (exact) mass is 268 g/mol. The van der Waals surface area contributed by atoms with Gasteiger partial charge in [-0.3, -0.25) is 4.79 Å². The van der Waals surface area contributed by atoms with Crippen LogP contribution < -0.4 is 0 Å². The highest BCUT2D eigenvalue weighted by Gasteiger charge is 2.19. The fourth-order valence-corrected chi connectivity index (χ4v) is 2.74. The zero-order valence-electron chi connectivity index (χ0n) is 11.6. The van der Waals surface area contributed by atoms with Crippen LogP contribution in [0.15, 0.2) is 0 Å². The third-order valence-corrected chi connectivity index (χ3v) is 4.05. The van der Waals surface area contributed by atoms with Crippen LogP contribution >= 0.6 is 0 Å². The van der Waals surface area contributed by atoms with E-state index >= 15 is 0 Å². The van der Waals surface area contributed by atoms with Crippen molar-refractivity contribution in [1.29, 1.82) is 0 Å². The molecule has 2 aliphatic rings. The summed E-state index contributed by atoms with van der Waals surface area (Å²) in [6.45, 7) is 5.79. The van der Waals surface area contributed by atoms with Gasteiger partial charge in [0.2, 0.25) is 5.91 Å². The molecule has 0 saturated carbocycles. The minimum absolute atomic E-state index is 0.256. The largest absolute Gasteiger partial charge is 0.378 e. The van der Waals surface area contributed by atoms with E-state index in [1.165, 1.54) is 0 Å². The SMILES string of the molecule is O=CC1CCN(CCCC(=O)N2CCOCC2)CC1. The molecule has 0 bridgehead atoms. The van der Waals surface area contributed by atoms with Gasteiger partial charge >= 0.3 is 0 Å². The molecule has 0 aromatic rings. The summed E-state index contributed by atoms with van der Waals surface area (Å²) in [6.07, 6.45) is 4.58. The lowest BCUT2D eigenvalue weighted by Gasteiger charge is -2.30. The molecule has 2 fully saturated rings. The number of hydrogen-bond donors (Lipinski definition) is 0. The molecule has 2 rings (SSSR count). The Labute approximate surface area is 114 Å². The smallest absolute Gasteiger partial charge is 0.222 e. The Morgan fingerprint density at radius 1 is 1.16 bits per heavy atom. The first-order valence-electron chi connectivity index (χ1n) is 7.33. The summed E-state index contributed by atoms with van der Waals surface area (Å²) < 4.78 is 5.24. The summed E-state index contributed by atoms with van der Waals surface area (Å²) in [5.74, 6) is 0.511. The average Bonchev–Trinajstić information content (AvgIpc) is 2.49. The first-order valence-corrected chi connectivity index (χ1v) is 7.33. The van der Waals surface area contributed by atoms with Gasteiger partial charge in [0.25, 0.3) is 0 Å². The number of carbonyl (C=O) groups is 2. The molecule has 0 spiro atoms. The molecule has 0 radical (unpaired) electrons. The van der Waals surface area contributed by atoms with E-state index in [0.717, 1.165) is 58.3 Å². The van der Waals surface area contributed by atoms with Gasteiger partial charge in [-0.15, -0.1) is 0 Å². The number of carbonyl (C=O) groups excluding carboxylic acids is 2. The van der Waals surface area contributed by atoms with Gasteiger partial charge in [0.05, 0.1) is 13.2 Å². The first kappa shape index (κ1) is 14.5. The molecule has 0 aromatic carbocycles. The van der Waals surface area contributed by atoms with Crippen LogP contribution in [0.4, 0.5) is 0 Å². The molecule has 1 amide bonds. The highest BCUT2D eigenvalue weighted by molar-refractivity contribution is 5.76. The Kier molecular flexibility index (Phi) is 5.79. The standard InChI is InChI=1S/C14H24N2O3/c17-12-13-3-6-15(7-4-13)5-1-2-14(18)16-8-10-19-11-9-16/h12-13H,1-11H2. The van der Waals surface area contributed by atoms with E-state index in [0.29, 0.717) is 19.6 Å². The normalized spacial score (nSPS) is 22.4. The number of amides is 1. The molecule has 2 saturated heterocycles. The van der Waals surface area contributed by atoms with Crippen molar-refractivity contribution in [2.24, 2.45) is 5.92 Å². The maximum Gasteiger partial charge on any atom is 0.222 e. The molecule has 5 nitrogen and oxygen atoms in total. The van der Waals surface area contributed by atoms with Crippen molar-refractivity contribution < 1.29 is 14.3 Å². The molecular formula is C14H24N2O3. The molecule has 2 heterocycles. The topological polar surface area (TPSA) is 49.9 Å². The van der Waals surface area contributed by atoms with Crippen molar-refractivity contribution in [2.75, 3.05) is 45.9 Å². The van der Waals surface area contributed by atoms with Crippen LogP contribution in [-0.2, 0) is 14.3 Å². The van der Waals surface area contributed by atoms with Crippen molar-refractivity contribution in [2.45, 2.75) is 25.7 Å². The number of aldehydes is 1. The highest BCUT2D eigenvalue weighted by Crippen LogP contribution is 2.15. The van der Waals surface area contributed by atoms with Crippen LogP contribution in [0.2, 0.25) is 0 Å². The summed E-state index contributed by atoms with van der Waals surface area (Å²) in [6, 6.07) is 0. The molecule has 19 heavy (non-hydrogen) atoms. The molecule has 0 aromatic heterocycles. The molecule has 0 atom stereocenters. The summed E-state index contributed by atoms with van der Waals surface area (Å²) >= 11 is 0. The third-order valence-electron chi connectivity index (χ3n) is 4.05. The number of rotatable bonds is 5. The first-order chi connectivity index (χ1) is 9.29. The van der Waals surface area contributed by atoms with Crippen molar-refractivity contribution in [1.82, 2.24) is 9.80 Å². The van der Waals surface area contributed by atoms with E-state index < -0.39 is 0 Å². The number of piperidine rings is 1. The van der Waals surface area contributed by atoms with Crippen LogP contribution in [0.1, 0.15) is 25.7 Å². The summed E-state index contributed by atoms with van der Waals surface area (Å²) in [4.78, 5) is 26.9. The lowest BCUT2D eigenvalue weighted by atomic mass is 9.98. The molecule has 108 valence electrons. The maximum atomic E-state index is 11.9. The molecular weight excluding hydrogens is 244 g/mol. The summed E-state index contributed by atoms with van der Waals surface area (Å²) in [5, 5.41) is 0. The number of nitrogens with zero attached hydrogens (tertiary/aromatic N) is 2. The van der Waals surface area contributed by atoms with E-state index in [2.05, 4.69) is 4.90 Å². The van der Waals surface area contributed by atoms with E-state index in [1.54, 1.807) is 0 Å². The van der Waals surface area contributed by atoms with Crippen molar-refractivity contribution in [3.63, 3.8) is 0 Å². The lowest BCUT2D eigenvalue weighted by Crippen LogP contribution is -2.41. The minimum Gasteiger partial charge on any atom is -0.378 e. The molecule has 0 N–H and O–H groups in total. The second-order valence-electron chi connectivity index (χ2n) is 5.41. The van der Waals surface area contributed by atoms with Gasteiger partial charge in [-0.25, -0.2) is 0 Å². The maximum absolute atomic E-state index is 11.9. The molecule has 5 heteroatoms. The number of hydrogen-bond acceptors (Lipinski definition) is 4. The molecule has 2 aliphatic heterocycles. The van der Waals surface area contributed by atoms with Crippen LogP contribution in [0, 0.1) is 5.92 Å². The van der Waals surface area contributed by atoms with Crippen LogP contribution in [0.3, 0.4) is 0 Å². The van der Waals surface area contributed by atoms with Gasteiger partial charge in [-0.2, -0.15) is 0 Å². The van der Waals surface area contributed by atoms with Crippen LogP contribution in [0.5, 0.6) is 0 Å². The quantitative estimate of drug-likeness (QED) is 0.683. The molecule has 0 unspecified atom stereocenters. The summed E-state index contributed by atoms with van der Waals surface area (Å²) in [5.41, 5.74) is 0. The number of ether oxygens (including phenoxy) is 1. The summed E-state index contributed by atoms with van der Waals surface area (Å²) in [7, 11) is 0. The number of likely N-dealkylation sites (tertiary alicyclic amines) is 1. The van der Waals surface area contributed by atoms with Crippen molar-refractivity contribution >= 4 is 12.2 Å². The zero-order valence-corrected chi connectivity index (χ0v) is 11.6. The predicted molar refractivity (Wildman–Crippen MR) is 71.9 cm³/mol. The Morgan fingerprint density at radius 2 is 1.84 bits per heavy atom. The minimum atomic E-state index is 0.256. The average molecular weight is 268 g/mol. The Hall–Kier alpha value is -0.940. The zero-order chi connectivity index (χ0) is 13.5. The van der Waals surface area contributed by atoms with Gasteiger partial charge in [0.15, 0.2) is 0 Å². The van der Waals surface area contributed by atoms with Crippen molar-refractivity contribution in [3.8, 4) is 0 Å². The van der Waals surface area contributed by atoms with Crippen molar-refractivity contribution in [3.05, 3.63) is 0 Å². The van der Waals surface area contributed by atoms with E-state index in [1.807, 2.05) is 4.90 Å². The van der Waals surface area contributed by atoms with Gasteiger partial charge in [-0.1, -0.05) is 0 Å². The fraction of sp³-hybridized carbons (Fsp3) is 0.857. The van der Waals surface area contributed by atoms with Gasteiger partial charge in [-0.05, 0) is 38.9 Å². The van der Waals surface area contributed by atoms with Crippen LogP contribution in [-0.4, -0.2) is 67.9 Å². The number of morpholine rings is 1. The Balaban J connectivity index is 1.58. The van der Waals surface area contributed by atoms with Gasteiger partial charge in [0, 0.05) is 25.4 Å². The second kappa shape index (κ2) is 7.60. The molecule has 0 aliphatic carbocycles. The second-order valence-corrected chi connectivity index (χ2v) is 5.41. The Bertz CT molecular complexity index is 295. The Morgan fingerprint density at radius 3 is 2.47 bits per heavy atom. The lowest BCUT2D eigenvalue weighted by molar-refractivity contribution is -0.135. The highest BCUT2D eigenvalue weighted by atomic mass is 16.5. The van der Waals surface area contributed by atoms with E-state index in [9.17, 15) is 9.59 Å². The van der Waals surface area contributed by atoms with E-state index in [4.69, 9.17) is 4.74 Å². The van der Waals surface area contributed by atoms with Crippen LogP contribution in [0.25, 0.3) is 0 Å². The predicted octanol–water partition coefficient (Wildman–Crippen LogP) is 0.536.